The molecule has 2 heterocycles. The molecule has 1 aromatic carbocycles. The van der Waals surface area contributed by atoms with E-state index in [0.717, 1.165) is 45.8 Å². The highest BCUT2D eigenvalue weighted by atomic mass is 19.1. The molecule has 1 atom stereocenters. The molecule has 0 aliphatic carbocycles. The van der Waals surface area contributed by atoms with Crippen molar-refractivity contribution in [3.05, 3.63) is 29.6 Å². The molecule has 110 valence electrons. The normalized spacial score (nSPS) is 25.1. The molecule has 0 amide bonds. The standard InChI is InChI=1S/C15H22FN3O/c16-14-2-1-3-15(17)13(14)11-18-5-4-12(10-18)19-6-8-20-9-7-19/h1-3,12H,4-11,17H2. The third-order valence-corrected chi connectivity index (χ3v) is 4.35. The highest BCUT2D eigenvalue weighted by Gasteiger charge is 2.29. The summed E-state index contributed by atoms with van der Waals surface area (Å²) >= 11 is 0. The average molecular weight is 279 g/mol. The first-order valence-electron chi connectivity index (χ1n) is 7.31. The van der Waals surface area contributed by atoms with Crippen LogP contribution in [0.3, 0.4) is 0 Å². The summed E-state index contributed by atoms with van der Waals surface area (Å²) in [5.41, 5.74) is 7.07. The minimum Gasteiger partial charge on any atom is -0.398 e. The van der Waals surface area contributed by atoms with Gasteiger partial charge in [0.1, 0.15) is 5.82 Å². The maximum Gasteiger partial charge on any atom is 0.129 e. The van der Waals surface area contributed by atoms with Gasteiger partial charge in [-0.15, -0.1) is 0 Å². The lowest BCUT2D eigenvalue weighted by Crippen LogP contribution is -2.44. The molecule has 0 radical (unpaired) electrons. The molecule has 1 unspecified atom stereocenters. The topological polar surface area (TPSA) is 41.7 Å². The van der Waals surface area contributed by atoms with E-state index in [9.17, 15) is 4.39 Å². The van der Waals surface area contributed by atoms with Crippen LogP contribution in [0.1, 0.15) is 12.0 Å². The summed E-state index contributed by atoms with van der Waals surface area (Å²) in [4.78, 5) is 4.79. The lowest BCUT2D eigenvalue weighted by Gasteiger charge is -2.32. The van der Waals surface area contributed by atoms with Crippen LogP contribution in [0.2, 0.25) is 0 Å². The van der Waals surface area contributed by atoms with E-state index in [1.165, 1.54) is 6.07 Å². The van der Waals surface area contributed by atoms with Crippen molar-refractivity contribution in [2.24, 2.45) is 0 Å². The van der Waals surface area contributed by atoms with Crippen LogP contribution in [0, 0.1) is 5.82 Å². The van der Waals surface area contributed by atoms with E-state index in [4.69, 9.17) is 10.5 Å². The first-order valence-corrected chi connectivity index (χ1v) is 7.31. The van der Waals surface area contributed by atoms with E-state index >= 15 is 0 Å². The fourth-order valence-electron chi connectivity index (χ4n) is 3.16. The Labute approximate surface area is 119 Å². The van der Waals surface area contributed by atoms with Gasteiger partial charge in [0.05, 0.1) is 13.2 Å². The number of anilines is 1. The molecule has 5 heteroatoms. The van der Waals surface area contributed by atoms with E-state index in [0.29, 0.717) is 23.8 Å². The number of hydrogen-bond donors (Lipinski definition) is 1. The van der Waals surface area contributed by atoms with Gasteiger partial charge < -0.3 is 10.5 Å². The molecule has 2 saturated heterocycles. The minimum atomic E-state index is -0.195. The molecule has 0 spiro atoms. The number of halogens is 1. The summed E-state index contributed by atoms with van der Waals surface area (Å²) in [7, 11) is 0. The van der Waals surface area contributed by atoms with E-state index in [2.05, 4.69) is 9.80 Å². The monoisotopic (exact) mass is 279 g/mol. The lowest BCUT2D eigenvalue weighted by molar-refractivity contribution is 0.0183. The van der Waals surface area contributed by atoms with Gasteiger partial charge in [0, 0.05) is 50.0 Å². The Morgan fingerprint density at radius 1 is 1.25 bits per heavy atom. The van der Waals surface area contributed by atoms with Gasteiger partial charge in [-0.25, -0.2) is 4.39 Å². The largest absolute Gasteiger partial charge is 0.398 e. The number of likely N-dealkylation sites (tertiary alicyclic amines) is 1. The first kappa shape index (κ1) is 13.8. The summed E-state index contributed by atoms with van der Waals surface area (Å²) in [6.07, 6.45) is 1.15. The zero-order valence-electron chi connectivity index (χ0n) is 11.7. The Morgan fingerprint density at radius 3 is 2.80 bits per heavy atom. The molecular formula is C15H22FN3O. The number of morpholine rings is 1. The van der Waals surface area contributed by atoms with Crippen LogP contribution in [-0.2, 0) is 11.3 Å². The number of ether oxygens (including phenoxy) is 1. The SMILES string of the molecule is Nc1cccc(F)c1CN1CCC(N2CCOCC2)C1. The van der Waals surface area contributed by atoms with Crippen molar-refractivity contribution in [1.82, 2.24) is 9.80 Å². The molecule has 0 aromatic heterocycles. The quantitative estimate of drug-likeness (QED) is 0.847. The van der Waals surface area contributed by atoms with Crippen molar-refractivity contribution in [3.8, 4) is 0 Å². The molecule has 4 nitrogen and oxygen atoms in total. The number of benzene rings is 1. The highest BCUT2D eigenvalue weighted by molar-refractivity contribution is 5.47. The number of rotatable bonds is 3. The average Bonchev–Trinajstić information content (AvgIpc) is 2.93. The smallest absolute Gasteiger partial charge is 0.129 e. The zero-order valence-corrected chi connectivity index (χ0v) is 11.7. The van der Waals surface area contributed by atoms with Gasteiger partial charge in [0.2, 0.25) is 0 Å². The number of nitrogens with zero attached hydrogens (tertiary/aromatic N) is 2. The van der Waals surface area contributed by atoms with Gasteiger partial charge in [0.25, 0.3) is 0 Å². The van der Waals surface area contributed by atoms with Gasteiger partial charge >= 0.3 is 0 Å². The Balaban J connectivity index is 1.60. The number of nitrogen functional groups attached to an aromatic ring is 1. The van der Waals surface area contributed by atoms with E-state index in [1.807, 2.05) is 0 Å². The van der Waals surface area contributed by atoms with E-state index in [-0.39, 0.29) is 5.82 Å². The van der Waals surface area contributed by atoms with Crippen molar-refractivity contribution in [2.45, 2.75) is 19.0 Å². The Morgan fingerprint density at radius 2 is 2.05 bits per heavy atom. The molecule has 2 N–H and O–H groups in total. The van der Waals surface area contributed by atoms with Crippen molar-refractivity contribution in [2.75, 3.05) is 45.1 Å². The van der Waals surface area contributed by atoms with Crippen molar-refractivity contribution < 1.29 is 9.13 Å². The number of hydrogen-bond acceptors (Lipinski definition) is 4. The third kappa shape index (κ3) is 2.95. The Hall–Kier alpha value is -1.17. The highest BCUT2D eigenvalue weighted by Crippen LogP contribution is 2.23. The van der Waals surface area contributed by atoms with Crippen molar-refractivity contribution in [3.63, 3.8) is 0 Å². The fourth-order valence-corrected chi connectivity index (χ4v) is 3.16. The van der Waals surface area contributed by atoms with Crippen LogP contribution in [0.4, 0.5) is 10.1 Å². The minimum absolute atomic E-state index is 0.195. The molecule has 1 aromatic rings. The van der Waals surface area contributed by atoms with Crippen molar-refractivity contribution >= 4 is 5.69 Å². The van der Waals surface area contributed by atoms with Gasteiger partial charge in [-0.1, -0.05) is 6.07 Å². The van der Waals surface area contributed by atoms with Crippen molar-refractivity contribution in [1.29, 1.82) is 0 Å². The van der Waals surface area contributed by atoms with E-state index in [1.54, 1.807) is 12.1 Å². The van der Waals surface area contributed by atoms with Crippen LogP contribution in [-0.4, -0.2) is 55.2 Å². The predicted molar refractivity (Wildman–Crippen MR) is 76.9 cm³/mol. The molecular weight excluding hydrogens is 257 g/mol. The van der Waals surface area contributed by atoms with Crippen LogP contribution >= 0.6 is 0 Å². The Bertz CT molecular complexity index is 442. The van der Waals surface area contributed by atoms with Gasteiger partial charge in [0.15, 0.2) is 0 Å². The van der Waals surface area contributed by atoms with Gasteiger partial charge in [-0.3, -0.25) is 9.80 Å². The molecule has 3 rings (SSSR count). The fraction of sp³-hybridized carbons (Fsp3) is 0.600. The van der Waals surface area contributed by atoms with Crippen LogP contribution < -0.4 is 5.73 Å². The summed E-state index contributed by atoms with van der Waals surface area (Å²) in [5, 5.41) is 0. The molecule has 0 bridgehead atoms. The van der Waals surface area contributed by atoms with Crippen LogP contribution in [0.15, 0.2) is 18.2 Å². The molecule has 2 aliphatic rings. The molecule has 2 aliphatic heterocycles. The first-order chi connectivity index (χ1) is 9.74. The van der Waals surface area contributed by atoms with Gasteiger partial charge in [-0.2, -0.15) is 0 Å². The summed E-state index contributed by atoms with van der Waals surface area (Å²) in [6.45, 7) is 6.30. The Kier molecular flexibility index (Phi) is 4.19. The third-order valence-electron chi connectivity index (χ3n) is 4.35. The second-order valence-corrected chi connectivity index (χ2v) is 5.63. The summed E-state index contributed by atoms with van der Waals surface area (Å²) in [6, 6.07) is 5.50. The molecule has 0 saturated carbocycles. The molecule has 20 heavy (non-hydrogen) atoms. The second kappa shape index (κ2) is 6.08. The number of nitrogens with two attached hydrogens (primary N) is 1. The van der Waals surface area contributed by atoms with Crippen LogP contribution in [0.5, 0.6) is 0 Å². The van der Waals surface area contributed by atoms with Gasteiger partial charge in [-0.05, 0) is 18.6 Å². The lowest BCUT2D eigenvalue weighted by atomic mass is 10.1. The summed E-state index contributed by atoms with van der Waals surface area (Å²) < 4.78 is 19.2. The summed E-state index contributed by atoms with van der Waals surface area (Å²) in [5.74, 6) is -0.195. The predicted octanol–water partition coefficient (Wildman–Crippen LogP) is 1.31. The maximum absolute atomic E-state index is 13.8. The molecule has 2 fully saturated rings. The van der Waals surface area contributed by atoms with Crippen LogP contribution in [0.25, 0.3) is 0 Å². The van der Waals surface area contributed by atoms with E-state index < -0.39 is 0 Å². The maximum atomic E-state index is 13.8. The zero-order chi connectivity index (χ0) is 13.9. The second-order valence-electron chi connectivity index (χ2n) is 5.63.